The minimum Gasteiger partial charge on any atom is -0.497 e. The number of hydrogen-bond acceptors (Lipinski definition) is 6. The van der Waals surface area contributed by atoms with Gasteiger partial charge in [0.15, 0.2) is 5.82 Å². The molecule has 1 aliphatic carbocycles. The number of carbonyl (C=O) groups is 2. The summed E-state index contributed by atoms with van der Waals surface area (Å²) in [4.78, 5) is 31.3. The fraction of sp³-hybridized carbons (Fsp3) is 0.520. The molecule has 1 aromatic carbocycles. The average molecular weight is 452 g/mol. The lowest BCUT2D eigenvalue weighted by Gasteiger charge is -2.37. The highest BCUT2D eigenvalue weighted by molar-refractivity contribution is 5.86. The Labute approximate surface area is 195 Å². The molecule has 1 saturated carbocycles. The summed E-state index contributed by atoms with van der Waals surface area (Å²) in [6.07, 6.45) is 3.91. The van der Waals surface area contributed by atoms with Crippen LogP contribution in [0.2, 0.25) is 0 Å². The van der Waals surface area contributed by atoms with Crippen LogP contribution in [0, 0.1) is 5.92 Å². The van der Waals surface area contributed by atoms with Crippen molar-refractivity contribution in [3.63, 3.8) is 0 Å². The fourth-order valence-corrected chi connectivity index (χ4v) is 4.33. The molecule has 4 rings (SSSR count). The number of rotatable bonds is 8. The Morgan fingerprint density at radius 3 is 2.48 bits per heavy atom. The fourth-order valence-electron chi connectivity index (χ4n) is 4.33. The Balaban J connectivity index is 1.31. The summed E-state index contributed by atoms with van der Waals surface area (Å²) in [6, 6.07) is 11.7. The van der Waals surface area contributed by atoms with Gasteiger partial charge in [0.2, 0.25) is 11.8 Å². The van der Waals surface area contributed by atoms with E-state index in [1.165, 1.54) is 0 Å². The Morgan fingerprint density at radius 2 is 1.88 bits per heavy atom. The van der Waals surface area contributed by atoms with E-state index < -0.39 is 0 Å². The number of aromatic nitrogens is 2. The third-order valence-electron chi connectivity index (χ3n) is 6.56. The molecule has 2 aromatic rings. The number of amides is 2. The number of benzene rings is 1. The quantitative estimate of drug-likeness (QED) is 0.614. The highest BCUT2D eigenvalue weighted by Gasteiger charge is 2.31. The first-order valence-electron chi connectivity index (χ1n) is 11.9. The van der Waals surface area contributed by atoms with Crippen molar-refractivity contribution in [2.75, 3.05) is 51.3 Å². The zero-order chi connectivity index (χ0) is 23.2. The van der Waals surface area contributed by atoms with E-state index in [0.29, 0.717) is 32.7 Å². The van der Waals surface area contributed by atoms with Crippen molar-refractivity contribution in [2.45, 2.75) is 32.6 Å². The molecule has 8 nitrogen and oxygen atoms in total. The van der Waals surface area contributed by atoms with Crippen molar-refractivity contribution < 1.29 is 14.3 Å². The summed E-state index contributed by atoms with van der Waals surface area (Å²) < 4.78 is 5.29. The van der Waals surface area contributed by atoms with Gasteiger partial charge in [-0.15, -0.1) is 10.2 Å². The first kappa shape index (κ1) is 23.0. The van der Waals surface area contributed by atoms with E-state index in [4.69, 9.17) is 4.74 Å². The van der Waals surface area contributed by atoms with Crippen LogP contribution in [0.3, 0.4) is 0 Å². The molecule has 0 bridgehead atoms. The van der Waals surface area contributed by atoms with Gasteiger partial charge in [0, 0.05) is 44.2 Å². The molecule has 2 aliphatic rings. The van der Waals surface area contributed by atoms with Crippen molar-refractivity contribution in [3.8, 4) is 17.0 Å². The van der Waals surface area contributed by atoms with E-state index >= 15 is 0 Å². The number of hydrogen-bond donors (Lipinski definition) is 0. The predicted molar refractivity (Wildman–Crippen MR) is 127 cm³/mol. The monoisotopic (exact) mass is 451 g/mol. The Hall–Kier alpha value is -3.16. The molecular formula is C25H33N5O3. The van der Waals surface area contributed by atoms with Gasteiger partial charge in [-0.25, -0.2) is 0 Å². The van der Waals surface area contributed by atoms with Crippen molar-refractivity contribution in [1.29, 1.82) is 0 Å². The van der Waals surface area contributed by atoms with Crippen molar-refractivity contribution in [1.82, 2.24) is 20.0 Å². The van der Waals surface area contributed by atoms with Crippen LogP contribution < -0.4 is 9.64 Å². The van der Waals surface area contributed by atoms with E-state index in [1.54, 1.807) is 12.0 Å². The van der Waals surface area contributed by atoms with E-state index in [1.807, 2.05) is 48.2 Å². The average Bonchev–Trinajstić information content (AvgIpc) is 2.83. The van der Waals surface area contributed by atoms with Crippen molar-refractivity contribution in [3.05, 3.63) is 36.4 Å². The van der Waals surface area contributed by atoms with E-state index in [-0.39, 0.29) is 24.3 Å². The standard InChI is InChI=1S/C25H33N5O3/c1-3-12-30(25(32)19-6-4-7-19)18-24(31)29-15-13-28(14-16-29)23-11-10-22(26-27-23)20-8-5-9-21(17-20)33-2/h5,8-11,17,19H,3-4,6-7,12-16,18H2,1-2H3. The summed E-state index contributed by atoms with van der Waals surface area (Å²) in [7, 11) is 1.64. The molecular weight excluding hydrogens is 418 g/mol. The van der Waals surface area contributed by atoms with Gasteiger partial charge in [-0.3, -0.25) is 9.59 Å². The normalized spacial score (nSPS) is 16.3. The molecule has 8 heteroatoms. The van der Waals surface area contributed by atoms with Crippen molar-refractivity contribution in [2.24, 2.45) is 5.92 Å². The zero-order valence-electron chi connectivity index (χ0n) is 19.6. The predicted octanol–water partition coefficient (Wildman–Crippen LogP) is 2.84. The van der Waals surface area contributed by atoms with Crippen LogP contribution in [-0.2, 0) is 9.59 Å². The number of anilines is 1. The van der Waals surface area contributed by atoms with Crippen LogP contribution >= 0.6 is 0 Å². The summed E-state index contributed by atoms with van der Waals surface area (Å²) in [5.41, 5.74) is 1.75. The van der Waals surface area contributed by atoms with Crippen LogP contribution in [-0.4, -0.2) is 78.2 Å². The van der Waals surface area contributed by atoms with Crippen LogP contribution in [0.5, 0.6) is 5.75 Å². The van der Waals surface area contributed by atoms with Crippen LogP contribution in [0.25, 0.3) is 11.3 Å². The van der Waals surface area contributed by atoms with Gasteiger partial charge in [-0.1, -0.05) is 25.5 Å². The maximum Gasteiger partial charge on any atom is 0.242 e. The Morgan fingerprint density at radius 1 is 1.09 bits per heavy atom. The lowest BCUT2D eigenvalue weighted by molar-refractivity contribution is -0.144. The molecule has 0 unspecified atom stereocenters. The number of nitrogens with zero attached hydrogens (tertiary/aromatic N) is 5. The molecule has 0 atom stereocenters. The van der Waals surface area contributed by atoms with Gasteiger partial charge >= 0.3 is 0 Å². The number of carbonyl (C=O) groups excluding carboxylic acids is 2. The second-order valence-electron chi connectivity index (χ2n) is 8.76. The summed E-state index contributed by atoms with van der Waals surface area (Å²) >= 11 is 0. The molecule has 2 fully saturated rings. The molecule has 0 radical (unpaired) electrons. The highest BCUT2D eigenvalue weighted by Crippen LogP contribution is 2.28. The summed E-state index contributed by atoms with van der Waals surface area (Å²) in [5.74, 6) is 1.91. The van der Waals surface area contributed by atoms with E-state index in [9.17, 15) is 9.59 Å². The maximum atomic E-state index is 12.9. The summed E-state index contributed by atoms with van der Waals surface area (Å²) in [6.45, 7) is 5.53. The van der Waals surface area contributed by atoms with Gasteiger partial charge in [-0.2, -0.15) is 0 Å². The highest BCUT2D eigenvalue weighted by atomic mass is 16.5. The van der Waals surface area contributed by atoms with Gasteiger partial charge in [-0.05, 0) is 43.5 Å². The van der Waals surface area contributed by atoms with Gasteiger partial charge < -0.3 is 19.4 Å². The van der Waals surface area contributed by atoms with Crippen LogP contribution in [0.1, 0.15) is 32.6 Å². The summed E-state index contributed by atoms with van der Waals surface area (Å²) in [5, 5.41) is 8.81. The number of ether oxygens (including phenoxy) is 1. The molecule has 2 heterocycles. The Kier molecular flexibility index (Phi) is 7.42. The molecule has 2 amide bonds. The lowest BCUT2D eigenvalue weighted by Crippen LogP contribution is -2.52. The minimum absolute atomic E-state index is 0.0373. The van der Waals surface area contributed by atoms with Crippen LogP contribution in [0.15, 0.2) is 36.4 Å². The molecule has 33 heavy (non-hydrogen) atoms. The molecule has 1 aromatic heterocycles. The molecule has 0 N–H and O–H groups in total. The SMILES string of the molecule is CCCN(CC(=O)N1CCN(c2ccc(-c3cccc(OC)c3)nn2)CC1)C(=O)C1CCC1. The van der Waals surface area contributed by atoms with E-state index in [0.717, 1.165) is 48.5 Å². The Bertz CT molecular complexity index is 953. The zero-order valence-corrected chi connectivity index (χ0v) is 19.6. The van der Waals surface area contributed by atoms with E-state index in [2.05, 4.69) is 15.1 Å². The smallest absolute Gasteiger partial charge is 0.242 e. The minimum atomic E-state index is 0.0373. The second kappa shape index (κ2) is 10.6. The topological polar surface area (TPSA) is 78.9 Å². The lowest BCUT2D eigenvalue weighted by atomic mass is 9.84. The molecule has 1 saturated heterocycles. The van der Waals surface area contributed by atoms with Gasteiger partial charge in [0.05, 0.1) is 19.3 Å². The van der Waals surface area contributed by atoms with Gasteiger partial charge in [0.25, 0.3) is 0 Å². The van der Waals surface area contributed by atoms with Crippen LogP contribution in [0.4, 0.5) is 5.82 Å². The number of methoxy groups -OCH3 is 1. The first-order chi connectivity index (χ1) is 16.1. The number of piperazine rings is 1. The molecule has 176 valence electrons. The maximum absolute atomic E-state index is 12.9. The van der Waals surface area contributed by atoms with Crippen molar-refractivity contribution >= 4 is 17.6 Å². The third kappa shape index (κ3) is 5.43. The molecule has 0 spiro atoms. The molecule has 1 aliphatic heterocycles. The largest absolute Gasteiger partial charge is 0.497 e. The first-order valence-corrected chi connectivity index (χ1v) is 11.9. The third-order valence-corrected chi connectivity index (χ3v) is 6.56. The second-order valence-corrected chi connectivity index (χ2v) is 8.76. The van der Waals surface area contributed by atoms with Gasteiger partial charge in [0.1, 0.15) is 5.75 Å².